The van der Waals surface area contributed by atoms with Crippen LogP contribution in [0.2, 0.25) is 0 Å². The van der Waals surface area contributed by atoms with Crippen LogP contribution in [0.4, 0.5) is 0 Å². The average molecular weight is 261 g/mol. The molecular formula is C12H15N5O2. The SMILES string of the molecule is Cn1nc(-c2nc(C3(N)CCCC3)no2)ccc1=O. The van der Waals surface area contributed by atoms with E-state index in [-0.39, 0.29) is 5.56 Å². The molecule has 0 saturated heterocycles. The zero-order chi connectivity index (χ0) is 13.5. The average Bonchev–Trinajstić information content (AvgIpc) is 3.02. The number of rotatable bonds is 2. The van der Waals surface area contributed by atoms with Gasteiger partial charge in [0.05, 0.1) is 5.54 Å². The van der Waals surface area contributed by atoms with Crippen LogP contribution < -0.4 is 11.3 Å². The highest BCUT2D eigenvalue weighted by molar-refractivity contribution is 5.44. The molecule has 0 radical (unpaired) electrons. The number of hydrogen-bond acceptors (Lipinski definition) is 6. The van der Waals surface area contributed by atoms with Crippen molar-refractivity contribution in [2.75, 3.05) is 0 Å². The smallest absolute Gasteiger partial charge is 0.278 e. The Hall–Kier alpha value is -2.02. The molecule has 0 spiro atoms. The van der Waals surface area contributed by atoms with Crippen LogP contribution >= 0.6 is 0 Å². The molecule has 0 amide bonds. The quantitative estimate of drug-likeness (QED) is 0.847. The van der Waals surface area contributed by atoms with Crippen LogP contribution in [0.1, 0.15) is 31.5 Å². The lowest BCUT2D eigenvalue weighted by Crippen LogP contribution is -2.34. The summed E-state index contributed by atoms with van der Waals surface area (Å²) in [6.45, 7) is 0. The second kappa shape index (κ2) is 4.27. The minimum absolute atomic E-state index is 0.186. The molecule has 0 atom stereocenters. The second-order valence-corrected chi connectivity index (χ2v) is 4.97. The third-order valence-corrected chi connectivity index (χ3v) is 3.55. The van der Waals surface area contributed by atoms with Crippen molar-refractivity contribution >= 4 is 0 Å². The molecule has 3 rings (SSSR count). The monoisotopic (exact) mass is 261 g/mol. The fraction of sp³-hybridized carbons (Fsp3) is 0.500. The summed E-state index contributed by atoms with van der Waals surface area (Å²) in [7, 11) is 1.57. The molecule has 0 aromatic carbocycles. The van der Waals surface area contributed by atoms with Crippen LogP contribution in [-0.2, 0) is 12.6 Å². The van der Waals surface area contributed by atoms with Crippen molar-refractivity contribution < 1.29 is 4.52 Å². The molecule has 19 heavy (non-hydrogen) atoms. The highest BCUT2D eigenvalue weighted by Crippen LogP contribution is 2.35. The lowest BCUT2D eigenvalue weighted by molar-refractivity contribution is 0.372. The highest BCUT2D eigenvalue weighted by atomic mass is 16.5. The normalized spacial score (nSPS) is 17.8. The molecule has 2 heterocycles. The summed E-state index contributed by atoms with van der Waals surface area (Å²) in [5, 5.41) is 8.03. The Morgan fingerprint density at radius 1 is 1.37 bits per heavy atom. The van der Waals surface area contributed by atoms with Gasteiger partial charge in [-0.1, -0.05) is 18.0 Å². The van der Waals surface area contributed by atoms with E-state index in [1.165, 1.54) is 10.7 Å². The third kappa shape index (κ3) is 2.06. The molecule has 1 aliphatic carbocycles. The molecule has 1 fully saturated rings. The van der Waals surface area contributed by atoms with Gasteiger partial charge in [0.25, 0.3) is 11.4 Å². The van der Waals surface area contributed by atoms with E-state index >= 15 is 0 Å². The number of hydrogen-bond donors (Lipinski definition) is 1. The lowest BCUT2D eigenvalue weighted by Gasteiger charge is -2.17. The summed E-state index contributed by atoms with van der Waals surface area (Å²) in [5.41, 5.74) is 6.07. The molecule has 0 aliphatic heterocycles. The van der Waals surface area contributed by atoms with Gasteiger partial charge in [0, 0.05) is 13.1 Å². The summed E-state index contributed by atoms with van der Waals surface area (Å²) in [4.78, 5) is 15.6. The van der Waals surface area contributed by atoms with Gasteiger partial charge >= 0.3 is 0 Å². The molecule has 100 valence electrons. The Morgan fingerprint density at radius 3 is 2.79 bits per heavy atom. The van der Waals surface area contributed by atoms with Crippen molar-refractivity contribution in [1.29, 1.82) is 0 Å². The molecule has 1 aliphatic rings. The minimum Gasteiger partial charge on any atom is -0.332 e. The maximum atomic E-state index is 11.3. The molecule has 7 heteroatoms. The Bertz CT molecular complexity index is 654. The van der Waals surface area contributed by atoms with Crippen LogP contribution in [0.5, 0.6) is 0 Å². The number of nitrogens with two attached hydrogens (primary N) is 1. The first-order valence-corrected chi connectivity index (χ1v) is 6.26. The van der Waals surface area contributed by atoms with Gasteiger partial charge < -0.3 is 10.3 Å². The molecule has 2 N–H and O–H groups in total. The summed E-state index contributed by atoms with van der Waals surface area (Å²) >= 11 is 0. The molecule has 2 aromatic heterocycles. The van der Waals surface area contributed by atoms with E-state index in [0.717, 1.165) is 25.7 Å². The maximum Gasteiger partial charge on any atom is 0.278 e. The Labute approximate surface area is 109 Å². The van der Waals surface area contributed by atoms with E-state index in [1.807, 2.05) is 0 Å². The predicted molar refractivity (Wildman–Crippen MR) is 67.1 cm³/mol. The first-order chi connectivity index (χ1) is 9.08. The Kier molecular flexibility index (Phi) is 2.70. The Balaban J connectivity index is 1.96. The third-order valence-electron chi connectivity index (χ3n) is 3.55. The largest absolute Gasteiger partial charge is 0.332 e. The van der Waals surface area contributed by atoms with Gasteiger partial charge in [0.15, 0.2) is 5.82 Å². The van der Waals surface area contributed by atoms with Crippen molar-refractivity contribution in [1.82, 2.24) is 19.9 Å². The molecule has 2 aromatic rings. The molecular weight excluding hydrogens is 246 g/mol. The van der Waals surface area contributed by atoms with Crippen molar-refractivity contribution in [3.8, 4) is 11.6 Å². The fourth-order valence-corrected chi connectivity index (χ4v) is 2.38. The van der Waals surface area contributed by atoms with Gasteiger partial charge in [-0.15, -0.1) is 0 Å². The van der Waals surface area contributed by atoms with Crippen LogP contribution in [0, 0.1) is 0 Å². The summed E-state index contributed by atoms with van der Waals surface area (Å²) in [6.07, 6.45) is 3.90. The molecule has 1 saturated carbocycles. The summed E-state index contributed by atoms with van der Waals surface area (Å²) in [5.74, 6) is 0.818. The van der Waals surface area contributed by atoms with Gasteiger partial charge in [-0.2, -0.15) is 10.1 Å². The van der Waals surface area contributed by atoms with E-state index in [9.17, 15) is 4.79 Å². The number of aryl methyl sites for hydroxylation is 1. The zero-order valence-corrected chi connectivity index (χ0v) is 10.7. The standard InChI is InChI=1S/C12H15N5O2/c1-17-9(18)5-4-8(15-17)10-14-11(16-19-10)12(13)6-2-3-7-12/h4-5H,2-3,6-7,13H2,1H3. The lowest BCUT2D eigenvalue weighted by atomic mass is 9.99. The van der Waals surface area contributed by atoms with Gasteiger partial charge in [-0.3, -0.25) is 4.79 Å². The Morgan fingerprint density at radius 2 is 2.11 bits per heavy atom. The summed E-state index contributed by atoms with van der Waals surface area (Å²) in [6, 6.07) is 2.98. The van der Waals surface area contributed by atoms with E-state index in [1.54, 1.807) is 13.1 Å². The van der Waals surface area contributed by atoms with Gasteiger partial charge in [-0.05, 0) is 18.9 Å². The van der Waals surface area contributed by atoms with Crippen LogP contribution in [0.25, 0.3) is 11.6 Å². The molecule has 0 unspecified atom stereocenters. The topological polar surface area (TPSA) is 99.8 Å². The number of nitrogens with zero attached hydrogens (tertiary/aromatic N) is 4. The number of aromatic nitrogens is 4. The van der Waals surface area contributed by atoms with Crippen LogP contribution in [0.3, 0.4) is 0 Å². The van der Waals surface area contributed by atoms with Crippen molar-refractivity contribution in [3.63, 3.8) is 0 Å². The summed E-state index contributed by atoms with van der Waals surface area (Å²) < 4.78 is 6.43. The van der Waals surface area contributed by atoms with Crippen molar-refractivity contribution in [2.45, 2.75) is 31.2 Å². The van der Waals surface area contributed by atoms with Crippen LogP contribution in [-0.4, -0.2) is 19.9 Å². The maximum absolute atomic E-state index is 11.3. The minimum atomic E-state index is -0.484. The van der Waals surface area contributed by atoms with Gasteiger partial charge in [0.2, 0.25) is 0 Å². The first kappa shape index (κ1) is 12.0. The molecule has 7 nitrogen and oxygen atoms in total. The van der Waals surface area contributed by atoms with E-state index in [0.29, 0.717) is 17.4 Å². The van der Waals surface area contributed by atoms with E-state index in [2.05, 4.69) is 15.2 Å². The zero-order valence-electron chi connectivity index (χ0n) is 10.7. The van der Waals surface area contributed by atoms with Crippen molar-refractivity contribution in [2.24, 2.45) is 12.8 Å². The second-order valence-electron chi connectivity index (χ2n) is 4.97. The fourth-order valence-electron chi connectivity index (χ4n) is 2.38. The van der Waals surface area contributed by atoms with E-state index in [4.69, 9.17) is 10.3 Å². The first-order valence-electron chi connectivity index (χ1n) is 6.26. The predicted octanol–water partition coefficient (Wildman–Crippen LogP) is 0.558. The highest BCUT2D eigenvalue weighted by Gasteiger charge is 2.36. The van der Waals surface area contributed by atoms with Gasteiger partial charge in [-0.25, -0.2) is 4.68 Å². The molecule has 0 bridgehead atoms. The van der Waals surface area contributed by atoms with E-state index < -0.39 is 5.54 Å². The van der Waals surface area contributed by atoms with Gasteiger partial charge in [0.1, 0.15) is 5.69 Å². The van der Waals surface area contributed by atoms with Crippen LogP contribution in [0.15, 0.2) is 21.5 Å². The van der Waals surface area contributed by atoms with Crippen molar-refractivity contribution in [3.05, 3.63) is 28.3 Å².